The minimum atomic E-state index is 0.0297. The van der Waals surface area contributed by atoms with Gasteiger partial charge in [-0.15, -0.1) is 0 Å². The predicted molar refractivity (Wildman–Crippen MR) is 254 cm³/mol. The fourth-order valence-corrected chi connectivity index (χ4v) is 12.5. The third-order valence-electron chi connectivity index (χ3n) is 15.0. The van der Waals surface area contributed by atoms with Crippen LogP contribution in [0.15, 0.2) is 188 Å². The molecule has 1 aromatic heterocycles. The van der Waals surface area contributed by atoms with Crippen LogP contribution in [0.2, 0.25) is 0 Å². The van der Waals surface area contributed by atoms with Crippen molar-refractivity contribution in [2.24, 2.45) is 23.7 Å². The highest BCUT2D eigenvalue weighted by molar-refractivity contribution is 6.04. The van der Waals surface area contributed by atoms with Crippen molar-refractivity contribution in [3.05, 3.63) is 199 Å². The maximum Gasteiger partial charge on any atom is 0.164 e. The molecule has 4 bridgehead atoms. The number of para-hydroxylation sites is 1. The average Bonchev–Trinajstić information content (AvgIpc) is 3.35. The fraction of sp³-hybridized carbons (Fsp3) is 0.169. The van der Waals surface area contributed by atoms with E-state index in [1.54, 1.807) is 0 Å². The summed E-state index contributed by atoms with van der Waals surface area (Å²) in [5.74, 6) is 7.18. The van der Waals surface area contributed by atoms with Crippen molar-refractivity contribution in [1.29, 1.82) is 0 Å². The Morgan fingerprint density at radius 3 is 1.57 bits per heavy atom. The van der Waals surface area contributed by atoms with Crippen molar-refractivity contribution in [1.82, 2.24) is 15.0 Å². The summed E-state index contributed by atoms with van der Waals surface area (Å²) in [7, 11) is 0. The number of nitrogens with zero attached hydrogens (tertiary/aromatic N) is 3. The maximum atomic E-state index is 6.71. The van der Waals surface area contributed by atoms with Gasteiger partial charge in [0.1, 0.15) is 11.5 Å². The number of rotatable bonds is 6. The zero-order chi connectivity index (χ0) is 41.5. The highest BCUT2D eigenvalue weighted by Crippen LogP contribution is 2.69. The summed E-state index contributed by atoms with van der Waals surface area (Å²) in [5, 5.41) is 2.27. The third kappa shape index (κ3) is 5.92. The first-order valence-electron chi connectivity index (χ1n) is 22.7. The number of fused-ring (bicyclic) bond motifs is 3. The van der Waals surface area contributed by atoms with E-state index in [4.69, 9.17) is 19.7 Å². The van der Waals surface area contributed by atoms with Crippen LogP contribution in [-0.4, -0.2) is 15.0 Å². The van der Waals surface area contributed by atoms with E-state index >= 15 is 0 Å². The van der Waals surface area contributed by atoms with Gasteiger partial charge >= 0.3 is 0 Å². The van der Waals surface area contributed by atoms with Crippen molar-refractivity contribution in [3.63, 3.8) is 0 Å². The summed E-state index contributed by atoms with van der Waals surface area (Å²) in [5.41, 5.74) is 12.8. The molecule has 0 saturated heterocycles. The molecule has 0 N–H and O–H groups in total. The van der Waals surface area contributed by atoms with Gasteiger partial charge < -0.3 is 4.74 Å². The van der Waals surface area contributed by atoms with E-state index in [1.165, 1.54) is 65.5 Å². The number of ether oxygens (including phenoxy) is 1. The van der Waals surface area contributed by atoms with Gasteiger partial charge in [-0.2, -0.15) is 0 Å². The Labute approximate surface area is 368 Å². The second-order valence-electron chi connectivity index (χ2n) is 18.4. The smallest absolute Gasteiger partial charge is 0.164 e. The Morgan fingerprint density at radius 2 is 0.857 bits per heavy atom. The van der Waals surface area contributed by atoms with Gasteiger partial charge in [0, 0.05) is 33.2 Å². The quantitative estimate of drug-likeness (QED) is 0.168. The molecule has 5 aliphatic rings. The first-order valence-corrected chi connectivity index (χ1v) is 22.7. The summed E-state index contributed by atoms with van der Waals surface area (Å²) < 4.78 is 6.71. The second-order valence-corrected chi connectivity index (χ2v) is 18.4. The van der Waals surface area contributed by atoms with Crippen LogP contribution in [-0.2, 0) is 5.41 Å². The number of benzene rings is 8. The zero-order valence-corrected chi connectivity index (χ0v) is 35.0. The summed E-state index contributed by atoms with van der Waals surface area (Å²) in [6.45, 7) is 0. The van der Waals surface area contributed by atoms with E-state index in [0.29, 0.717) is 29.3 Å². The molecule has 4 nitrogen and oxygen atoms in total. The molecular formula is C59H45N3O. The van der Waals surface area contributed by atoms with Gasteiger partial charge in [-0.3, -0.25) is 0 Å². The van der Waals surface area contributed by atoms with Crippen LogP contribution < -0.4 is 4.74 Å². The van der Waals surface area contributed by atoms with E-state index < -0.39 is 0 Å². The summed E-state index contributed by atoms with van der Waals surface area (Å²) in [6, 6.07) is 67.3. The molecule has 4 heteroatoms. The Bertz CT molecular complexity index is 3180. The molecule has 9 aromatic rings. The van der Waals surface area contributed by atoms with Gasteiger partial charge in [0.25, 0.3) is 0 Å². The minimum Gasteiger partial charge on any atom is -0.457 e. The van der Waals surface area contributed by atoms with E-state index in [1.807, 2.05) is 18.2 Å². The Kier molecular flexibility index (Phi) is 8.37. The normalized spacial score (nSPS) is 21.5. The Morgan fingerprint density at radius 1 is 0.349 bits per heavy atom. The topological polar surface area (TPSA) is 47.9 Å². The predicted octanol–water partition coefficient (Wildman–Crippen LogP) is 14.9. The molecule has 14 rings (SSSR count). The molecule has 4 saturated carbocycles. The van der Waals surface area contributed by atoms with Crippen LogP contribution in [0.25, 0.3) is 78.3 Å². The Balaban J connectivity index is 0.865. The van der Waals surface area contributed by atoms with Gasteiger partial charge in [0.15, 0.2) is 17.5 Å². The van der Waals surface area contributed by atoms with E-state index in [0.717, 1.165) is 61.9 Å². The van der Waals surface area contributed by atoms with Crippen LogP contribution in [0, 0.1) is 23.7 Å². The van der Waals surface area contributed by atoms with Crippen molar-refractivity contribution in [2.75, 3.05) is 0 Å². The molecule has 2 heterocycles. The molecule has 1 aliphatic heterocycles. The molecule has 4 fully saturated rings. The van der Waals surface area contributed by atoms with Crippen LogP contribution >= 0.6 is 0 Å². The Hall–Kier alpha value is -7.17. The highest BCUT2D eigenvalue weighted by atomic mass is 16.5. The molecule has 1 spiro atoms. The lowest BCUT2D eigenvalue weighted by molar-refractivity contribution is -0.0452. The molecule has 302 valence electrons. The third-order valence-corrected chi connectivity index (χ3v) is 15.0. The number of aromatic nitrogens is 3. The minimum absolute atomic E-state index is 0.0297. The van der Waals surface area contributed by atoms with Crippen molar-refractivity contribution in [2.45, 2.75) is 37.5 Å². The maximum absolute atomic E-state index is 6.71. The summed E-state index contributed by atoms with van der Waals surface area (Å²) in [6.07, 6.45) is 6.82. The van der Waals surface area contributed by atoms with Gasteiger partial charge in [0.2, 0.25) is 0 Å². The van der Waals surface area contributed by atoms with E-state index in [9.17, 15) is 0 Å². The standard InChI is InChI=1S/C59H45N3O/c1-3-12-41(13-4-1)48-27-28-51(50-19-8-7-18-49(48)50)58-61-56(42-14-5-2-6-15-42)60-57(62-58)45-17-11-16-43(35-45)39-22-24-40(25-23-39)44-26-29-55-53(36-44)59(52-20-9-10-21-54(52)63-55)46-31-37-30-38(33-46)34-47(59)32-37/h1-29,35-38,46-47H,30-34H2. The lowest BCUT2D eigenvalue weighted by atomic mass is 9.41. The van der Waals surface area contributed by atoms with Gasteiger partial charge in [-0.1, -0.05) is 158 Å². The lowest BCUT2D eigenvalue weighted by Gasteiger charge is -2.63. The molecule has 0 unspecified atom stereocenters. The number of hydrogen-bond donors (Lipinski definition) is 0. The molecule has 0 amide bonds. The molecule has 4 aliphatic carbocycles. The molecule has 63 heavy (non-hydrogen) atoms. The fourth-order valence-electron chi connectivity index (χ4n) is 12.5. The molecule has 8 aromatic carbocycles. The van der Waals surface area contributed by atoms with Crippen LogP contribution in [0.1, 0.15) is 43.2 Å². The van der Waals surface area contributed by atoms with Crippen molar-refractivity contribution in [3.8, 4) is 79.0 Å². The van der Waals surface area contributed by atoms with Crippen LogP contribution in [0.4, 0.5) is 0 Å². The summed E-state index contributed by atoms with van der Waals surface area (Å²) in [4.78, 5) is 15.5. The molecule has 0 atom stereocenters. The largest absolute Gasteiger partial charge is 0.457 e. The van der Waals surface area contributed by atoms with Crippen molar-refractivity contribution >= 4 is 10.8 Å². The molecule has 0 radical (unpaired) electrons. The average molecular weight is 812 g/mol. The second kappa shape index (κ2) is 14.5. The lowest BCUT2D eigenvalue weighted by Crippen LogP contribution is -2.56. The first-order chi connectivity index (χ1) is 31.2. The van der Waals surface area contributed by atoms with Gasteiger partial charge in [0.05, 0.1) is 0 Å². The van der Waals surface area contributed by atoms with Gasteiger partial charge in [-0.25, -0.2) is 15.0 Å². The monoisotopic (exact) mass is 811 g/mol. The van der Waals surface area contributed by atoms with Crippen LogP contribution in [0.3, 0.4) is 0 Å². The molecular weight excluding hydrogens is 767 g/mol. The van der Waals surface area contributed by atoms with Crippen molar-refractivity contribution < 1.29 is 4.74 Å². The summed E-state index contributed by atoms with van der Waals surface area (Å²) >= 11 is 0. The number of hydrogen-bond acceptors (Lipinski definition) is 4. The first kappa shape index (κ1) is 36.5. The van der Waals surface area contributed by atoms with E-state index in [2.05, 4.69) is 170 Å². The highest BCUT2D eigenvalue weighted by Gasteiger charge is 2.61. The zero-order valence-electron chi connectivity index (χ0n) is 35.0. The van der Waals surface area contributed by atoms with E-state index in [-0.39, 0.29) is 5.41 Å². The SMILES string of the molecule is c1ccc(-c2nc(-c3cccc(-c4ccc(-c5ccc6c(c5)C5(c7ccccc7O6)C6CC7CC(C6)CC5C7)cc4)c3)nc(-c3ccc(-c4ccccc4)c4ccccc34)n2)cc1. The van der Waals surface area contributed by atoms with Crippen LogP contribution in [0.5, 0.6) is 11.5 Å². The van der Waals surface area contributed by atoms with Gasteiger partial charge in [-0.05, 0) is 130 Å².